The van der Waals surface area contributed by atoms with Crippen LogP contribution >= 0.6 is 11.6 Å². The molecule has 0 N–H and O–H groups in total. The number of aromatic nitrogens is 2. The third-order valence-electron chi connectivity index (χ3n) is 2.31. The van der Waals surface area contributed by atoms with E-state index >= 15 is 0 Å². The van der Waals surface area contributed by atoms with Crippen molar-refractivity contribution in [3.8, 4) is 22.8 Å². The van der Waals surface area contributed by atoms with E-state index in [-0.39, 0.29) is 0 Å². The summed E-state index contributed by atoms with van der Waals surface area (Å²) in [6.45, 7) is 0. The van der Waals surface area contributed by atoms with E-state index in [2.05, 4.69) is 9.97 Å². The molecule has 0 spiro atoms. The molecule has 17 heavy (non-hydrogen) atoms. The molecule has 0 fully saturated rings. The van der Waals surface area contributed by atoms with Crippen molar-refractivity contribution in [3.63, 3.8) is 0 Å². The van der Waals surface area contributed by atoms with Crippen LogP contribution in [-0.2, 0) is 0 Å². The number of nitrogens with zero attached hydrogens (tertiary/aromatic N) is 2. The summed E-state index contributed by atoms with van der Waals surface area (Å²) >= 11 is 5.82. The summed E-state index contributed by atoms with van der Waals surface area (Å²) in [5.74, 6) is 1.33. The van der Waals surface area contributed by atoms with Crippen molar-refractivity contribution >= 4 is 11.6 Å². The van der Waals surface area contributed by atoms with Crippen LogP contribution in [0.2, 0.25) is 5.15 Å². The van der Waals surface area contributed by atoms with Crippen LogP contribution in [0.25, 0.3) is 11.3 Å². The molecule has 2 rings (SSSR count). The topological polar surface area (TPSA) is 44.2 Å². The Hall–Kier alpha value is -1.81. The van der Waals surface area contributed by atoms with Crippen molar-refractivity contribution < 1.29 is 9.47 Å². The van der Waals surface area contributed by atoms with Gasteiger partial charge in [0.2, 0.25) is 0 Å². The quantitative estimate of drug-likeness (QED) is 0.786. The van der Waals surface area contributed by atoms with E-state index in [0.717, 1.165) is 11.3 Å². The summed E-state index contributed by atoms with van der Waals surface area (Å²) in [7, 11) is 3.19. The molecule has 0 aliphatic carbocycles. The lowest BCUT2D eigenvalue weighted by Crippen LogP contribution is -1.92. The Morgan fingerprint density at radius 1 is 1.00 bits per heavy atom. The van der Waals surface area contributed by atoms with Gasteiger partial charge in [-0.05, 0) is 18.2 Å². The van der Waals surface area contributed by atoms with Crippen LogP contribution < -0.4 is 9.47 Å². The molecule has 0 aliphatic heterocycles. The van der Waals surface area contributed by atoms with Crippen molar-refractivity contribution in [1.29, 1.82) is 0 Å². The minimum Gasteiger partial charge on any atom is -0.493 e. The second kappa shape index (κ2) is 5.01. The minimum absolute atomic E-state index is 0.407. The number of benzene rings is 1. The number of rotatable bonds is 3. The van der Waals surface area contributed by atoms with E-state index in [0.29, 0.717) is 16.7 Å². The molecule has 1 heterocycles. The van der Waals surface area contributed by atoms with E-state index < -0.39 is 0 Å². The Bertz CT molecular complexity index is 532. The van der Waals surface area contributed by atoms with Gasteiger partial charge in [-0.2, -0.15) is 0 Å². The normalized spacial score (nSPS) is 10.1. The summed E-state index contributed by atoms with van der Waals surface area (Å²) in [5.41, 5.74) is 1.64. The zero-order chi connectivity index (χ0) is 12.3. The van der Waals surface area contributed by atoms with Gasteiger partial charge in [0.1, 0.15) is 11.5 Å². The molecule has 88 valence electrons. The van der Waals surface area contributed by atoms with Gasteiger partial charge in [0.15, 0.2) is 11.5 Å². The summed E-state index contributed by atoms with van der Waals surface area (Å²) in [6.07, 6.45) is 1.42. The Morgan fingerprint density at radius 3 is 2.41 bits per heavy atom. The van der Waals surface area contributed by atoms with Gasteiger partial charge in [-0.3, -0.25) is 0 Å². The van der Waals surface area contributed by atoms with Crippen molar-refractivity contribution in [1.82, 2.24) is 9.97 Å². The second-order valence-electron chi connectivity index (χ2n) is 3.30. The average Bonchev–Trinajstić information content (AvgIpc) is 2.38. The van der Waals surface area contributed by atoms with Crippen molar-refractivity contribution in [2.24, 2.45) is 0 Å². The fourth-order valence-electron chi connectivity index (χ4n) is 1.49. The number of hydrogen-bond acceptors (Lipinski definition) is 4. The molecule has 0 radical (unpaired) electrons. The van der Waals surface area contributed by atoms with Gasteiger partial charge in [0, 0.05) is 11.6 Å². The first-order chi connectivity index (χ1) is 8.24. The zero-order valence-corrected chi connectivity index (χ0v) is 10.2. The largest absolute Gasteiger partial charge is 0.493 e. The molecule has 2 aromatic rings. The van der Waals surface area contributed by atoms with Gasteiger partial charge >= 0.3 is 0 Å². The van der Waals surface area contributed by atoms with Crippen LogP contribution in [0, 0.1) is 0 Å². The fourth-order valence-corrected chi connectivity index (χ4v) is 1.63. The second-order valence-corrected chi connectivity index (χ2v) is 3.68. The molecular weight excluding hydrogens is 240 g/mol. The van der Waals surface area contributed by atoms with Crippen LogP contribution in [0.4, 0.5) is 0 Å². The van der Waals surface area contributed by atoms with Crippen LogP contribution in [-0.4, -0.2) is 24.2 Å². The first-order valence-corrected chi connectivity index (χ1v) is 5.32. The van der Waals surface area contributed by atoms with Crippen LogP contribution in [0.3, 0.4) is 0 Å². The van der Waals surface area contributed by atoms with Crippen LogP contribution in [0.1, 0.15) is 0 Å². The third kappa shape index (κ3) is 2.47. The number of hydrogen-bond donors (Lipinski definition) is 0. The Kier molecular flexibility index (Phi) is 3.44. The van der Waals surface area contributed by atoms with E-state index in [1.54, 1.807) is 20.3 Å². The van der Waals surface area contributed by atoms with Crippen LogP contribution in [0.5, 0.6) is 11.5 Å². The predicted octanol–water partition coefficient (Wildman–Crippen LogP) is 2.81. The molecule has 0 amide bonds. The van der Waals surface area contributed by atoms with Crippen molar-refractivity contribution in [2.75, 3.05) is 14.2 Å². The standard InChI is InChI=1S/C12H11ClN2O2/c1-16-10-4-3-8(5-11(10)17-2)9-6-12(13)15-7-14-9/h3-7H,1-2H3. The summed E-state index contributed by atoms with van der Waals surface area (Å²) < 4.78 is 10.4. The maximum atomic E-state index is 5.82. The molecule has 0 saturated carbocycles. The Morgan fingerprint density at radius 2 is 1.76 bits per heavy atom. The summed E-state index contributed by atoms with van der Waals surface area (Å²) in [6, 6.07) is 7.25. The maximum Gasteiger partial charge on any atom is 0.161 e. The van der Waals surface area contributed by atoms with Gasteiger partial charge in [-0.1, -0.05) is 11.6 Å². The van der Waals surface area contributed by atoms with Gasteiger partial charge < -0.3 is 9.47 Å². The number of halogens is 1. The Balaban J connectivity index is 2.46. The lowest BCUT2D eigenvalue weighted by molar-refractivity contribution is 0.355. The average molecular weight is 251 g/mol. The molecule has 1 aromatic heterocycles. The highest BCUT2D eigenvalue weighted by Gasteiger charge is 2.07. The van der Waals surface area contributed by atoms with E-state index in [1.807, 2.05) is 18.2 Å². The van der Waals surface area contributed by atoms with Gasteiger partial charge in [-0.15, -0.1) is 0 Å². The summed E-state index contributed by atoms with van der Waals surface area (Å²) in [5, 5.41) is 0.407. The lowest BCUT2D eigenvalue weighted by atomic mass is 10.1. The molecule has 4 nitrogen and oxygen atoms in total. The molecule has 5 heteroatoms. The highest BCUT2D eigenvalue weighted by Crippen LogP contribution is 2.31. The highest BCUT2D eigenvalue weighted by molar-refractivity contribution is 6.29. The van der Waals surface area contributed by atoms with Crippen molar-refractivity contribution in [2.45, 2.75) is 0 Å². The molecule has 0 aliphatic rings. The molecule has 0 bridgehead atoms. The van der Waals surface area contributed by atoms with Crippen LogP contribution in [0.15, 0.2) is 30.6 Å². The smallest absolute Gasteiger partial charge is 0.161 e. The molecular formula is C12H11ClN2O2. The van der Waals surface area contributed by atoms with E-state index in [9.17, 15) is 0 Å². The Labute approximate surface area is 104 Å². The fraction of sp³-hybridized carbons (Fsp3) is 0.167. The minimum atomic E-state index is 0.407. The van der Waals surface area contributed by atoms with Crippen molar-refractivity contribution in [3.05, 3.63) is 35.7 Å². The monoisotopic (exact) mass is 250 g/mol. The SMILES string of the molecule is COc1ccc(-c2cc(Cl)ncn2)cc1OC. The summed E-state index contributed by atoms with van der Waals surface area (Å²) in [4.78, 5) is 7.99. The molecule has 0 atom stereocenters. The van der Waals surface area contributed by atoms with Gasteiger partial charge in [0.25, 0.3) is 0 Å². The third-order valence-corrected chi connectivity index (χ3v) is 2.52. The lowest BCUT2D eigenvalue weighted by Gasteiger charge is -2.09. The van der Waals surface area contributed by atoms with Gasteiger partial charge in [0.05, 0.1) is 19.9 Å². The number of methoxy groups -OCH3 is 2. The molecule has 0 unspecified atom stereocenters. The van der Waals surface area contributed by atoms with E-state index in [4.69, 9.17) is 21.1 Å². The van der Waals surface area contributed by atoms with E-state index in [1.165, 1.54) is 6.33 Å². The number of ether oxygens (including phenoxy) is 2. The molecule has 1 aromatic carbocycles. The zero-order valence-electron chi connectivity index (χ0n) is 9.48. The predicted molar refractivity (Wildman–Crippen MR) is 65.6 cm³/mol. The maximum absolute atomic E-state index is 5.82. The van der Waals surface area contributed by atoms with Gasteiger partial charge in [-0.25, -0.2) is 9.97 Å². The molecule has 0 saturated heterocycles. The first kappa shape index (κ1) is 11.7. The first-order valence-electron chi connectivity index (χ1n) is 4.94. The highest BCUT2D eigenvalue weighted by atomic mass is 35.5.